The lowest BCUT2D eigenvalue weighted by atomic mass is 10.1. The van der Waals surface area contributed by atoms with Gasteiger partial charge >= 0.3 is 6.16 Å². The third-order valence-electron chi connectivity index (χ3n) is 2.18. The summed E-state index contributed by atoms with van der Waals surface area (Å²) in [7, 11) is 2.06. The predicted molar refractivity (Wildman–Crippen MR) is 49.7 cm³/mol. The minimum atomic E-state index is -0.758. The van der Waals surface area contributed by atoms with Crippen molar-refractivity contribution in [2.75, 3.05) is 26.7 Å². The molecule has 0 amide bonds. The molecule has 1 rings (SSSR count). The first kappa shape index (κ1) is 11.3. The van der Waals surface area contributed by atoms with Gasteiger partial charge in [-0.25, -0.2) is 4.79 Å². The molecular weight excluding hydrogens is 186 g/mol. The molecule has 5 heteroatoms. The van der Waals surface area contributed by atoms with E-state index in [9.17, 15) is 4.79 Å². The number of hydrogen-bond acceptors (Lipinski definition) is 5. The highest BCUT2D eigenvalue weighted by molar-refractivity contribution is 5.58. The second kappa shape index (κ2) is 5.82. The van der Waals surface area contributed by atoms with Gasteiger partial charge in [0.15, 0.2) is 0 Å². The van der Waals surface area contributed by atoms with Crippen LogP contribution >= 0.6 is 0 Å². The molecule has 0 unspecified atom stereocenters. The van der Waals surface area contributed by atoms with Crippen LogP contribution in [-0.2, 0) is 14.5 Å². The topological polar surface area (TPSA) is 48.0 Å². The van der Waals surface area contributed by atoms with E-state index in [0.717, 1.165) is 25.9 Å². The zero-order valence-electron chi connectivity index (χ0n) is 8.69. The summed E-state index contributed by atoms with van der Waals surface area (Å²) in [6.07, 6.45) is 1.02. The van der Waals surface area contributed by atoms with Gasteiger partial charge in [0, 0.05) is 13.1 Å². The molecule has 82 valence electrons. The van der Waals surface area contributed by atoms with Gasteiger partial charge in [-0.3, -0.25) is 4.89 Å². The number of ether oxygens (including phenoxy) is 1. The summed E-state index contributed by atoms with van der Waals surface area (Å²) in [6.45, 7) is 3.96. The molecule has 0 bridgehead atoms. The van der Waals surface area contributed by atoms with E-state index in [2.05, 4.69) is 21.6 Å². The normalized spacial score (nSPS) is 19.3. The fourth-order valence-corrected chi connectivity index (χ4v) is 1.33. The van der Waals surface area contributed by atoms with Crippen LogP contribution in [0.5, 0.6) is 0 Å². The number of hydrogen-bond donors (Lipinski definition) is 0. The molecular formula is C9H17NO4. The molecule has 1 aliphatic rings. The van der Waals surface area contributed by atoms with Crippen molar-refractivity contribution in [3.63, 3.8) is 0 Å². The Morgan fingerprint density at radius 1 is 1.43 bits per heavy atom. The first-order valence-electron chi connectivity index (χ1n) is 4.91. The van der Waals surface area contributed by atoms with E-state index >= 15 is 0 Å². The molecule has 1 aliphatic heterocycles. The quantitative estimate of drug-likeness (QED) is 0.391. The largest absolute Gasteiger partial charge is 0.540 e. The maximum atomic E-state index is 10.8. The van der Waals surface area contributed by atoms with E-state index in [0.29, 0.717) is 6.61 Å². The highest BCUT2D eigenvalue weighted by Gasteiger charge is 2.19. The van der Waals surface area contributed by atoms with Crippen molar-refractivity contribution in [3.05, 3.63) is 0 Å². The second-order valence-electron chi connectivity index (χ2n) is 3.37. The van der Waals surface area contributed by atoms with E-state index in [1.807, 2.05) is 0 Å². The SMILES string of the molecule is CCOC(=O)OOC1CCN(C)CC1. The standard InChI is InChI=1S/C9H17NO4/c1-3-12-9(11)14-13-8-4-6-10(2)7-5-8/h8H,3-7H2,1-2H3. The number of carbonyl (C=O) groups excluding carboxylic acids is 1. The van der Waals surface area contributed by atoms with Crippen LogP contribution in [0, 0.1) is 0 Å². The fourth-order valence-electron chi connectivity index (χ4n) is 1.33. The predicted octanol–water partition coefficient (Wildman–Crippen LogP) is 1.19. The third-order valence-corrected chi connectivity index (χ3v) is 2.18. The molecule has 0 aliphatic carbocycles. The van der Waals surface area contributed by atoms with Crippen LogP contribution in [0.1, 0.15) is 19.8 Å². The molecule has 0 aromatic heterocycles. The first-order valence-corrected chi connectivity index (χ1v) is 4.91. The minimum absolute atomic E-state index is 0.00982. The minimum Gasteiger partial charge on any atom is -0.433 e. The zero-order chi connectivity index (χ0) is 10.4. The molecule has 0 aromatic rings. The third kappa shape index (κ3) is 3.93. The average Bonchev–Trinajstić information content (AvgIpc) is 2.17. The van der Waals surface area contributed by atoms with Crippen molar-refractivity contribution in [3.8, 4) is 0 Å². The van der Waals surface area contributed by atoms with Gasteiger partial charge in [-0.05, 0) is 26.8 Å². The number of carbonyl (C=O) groups is 1. The maximum Gasteiger partial charge on any atom is 0.540 e. The number of nitrogens with zero attached hydrogens (tertiary/aromatic N) is 1. The van der Waals surface area contributed by atoms with Crippen molar-refractivity contribution in [1.82, 2.24) is 4.90 Å². The summed E-state index contributed by atoms with van der Waals surface area (Å²) in [5, 5.41) is 0. The Bertz CT molecular complexity index is 178. The van der Waals surface area contributed by atoms with Crippen molar-refractivity contribution in [2.24, 2.45) is 0 Å². The monoisotopic (exact) mass is 203 g/mol. The Hall–Kier alpha value is -0.810. The van der Waals surface area contributed by atoms with Crippen molar-refractivity contribution < 1.29 is 19.3 Å². The fraction of sp³-hybridized carbons (Fsp3) is 0.889. The number of piperidine rings is 1. The Kier molecular flexibility index (Phi) is 4.69. The van der Waals surface area contributed by atoms with Crippen LogP contribution in [0.2, 0.25) is 0 Å². The summed E-state index contributed by atoms with van der Waals surface area (Å²) in [5.41, 5.74) is 0. The van der Waals surface area contributed by atoms with Crippen LogP contribution in [0.3, 0.4) is 0 Å². The molecule has 5 nitrogen and oxygen atoms in total. The van der Waals surface area contributed by atoms with E-state index in [1.165, 1.54) is 0 Å². The van der Waals surface area contributed by atoms with Gasteiger partial charge in [0.05, 0.1) is 6.61 Å². The lowest BCUT2D eigenvalue weighted by Crippen LogP contribution is -2.34. The lowest BCUT2D eigenvalue weighted by molar-refractivity contribution is -0.292. The Balaban J connectivity index is 2.09. The van der Waals surface area contributed by atoms with Gasteiger partial charge in [-0.1, -0.05) is 0 Å². The molecule has 0 aromatic carbocycles. The van der Waals surface area contributed by atoms with E-state index in [1.54, 1.807) is 6.92 Å². The molecule has 0 radical (unpaired) electrons. The van der Waals surface area contributed by atoms with Gasteiger partial charge in [0.1, 0.15) is 6.10 Å². The first-order chi connectivity index (χ1) is 6.72. The van der Waals surface area contributed by atoms with Gasteiger partial charge in [-0.15, -0.1) is 0 Å². The Morgan fingerprint density at radius 2 is 2.07 bits per heavy atom. The summed E-state index contributed by atoms with van der Waals surface area (Å²) in [4.78, 5) is 22.4. The van der Waals surface area contributed by atoms with Crippen LogP contribution in [0.25, 0.3) is 0 Å². The van der Waals surface area contributed by atoms with Crippen molar-refractivity contribution in [1.29, 1.82) is 0 Å². The van der Waals surface area contributed by atoms with E-state index in [-0.39, 0.29) is 6.10 Å². The summed E-state index contributed by atoms with van der Waals surface area (Å²) in [5.74, 6) is 0. The summed E-state index contributed by atoms with van der Waals surface area (Å²) < 4.78 is 4.56. The number of rotatable bonds is 3. The molecule has 1 saturated heterocycles. The van der Waals surface area contributed by atoms with E-state index in [4.69, 9.17) is 4.89 Å². The molecule has 1 heterocycles. The lowest BCUT2D eigenvalue weighted by Gasteiger charge is -2.27. The molecule has 0 spiro atoms. The molecule has 0 atom stereocenters. The van der Waals surface area contributed by atoms with E-state index < -0.39 is 6.16 Å². The van der Waals surface area contributed by atoms with Gasteiger partial charge < -0.3 is 9.64 Å². The Labute approximate surface area is 83.8 Å². The zero-order valence-corrected chi connectivity index (χ0v) is 8.69. The van der Waals surface area contributed by atoms with Crippen LogP contribution in [-0.4, -0.2) is 43.9 Å². The molecule has 14 heavy (non-hydrogen) atoms. The second-order valence-corrected chi connectivity index (χ2v) is 3.37. The molecule has 0 saturated carbocycles. The smallest absolute Gasteiger partial charge is 0.433 e. The van der Waals surface area contributed by atoms with Crippen molar-refractivity contribution in [2.45, 2.75) is 25.9 Å². The van der Waals surface area contributed by atoms with Crippen LogP contribution in [0.4, 0.5) is 4.79 Å². The summed E-state index contributed by atoms with van der Waals surface area (Å²) >= 11 is 0. The van der Waals surface area contributed by atoms with Gasteiger partial charge in [-0.2, -0.15) is 4.89 Å². The number of likely N-dealkylation sites (tertiary alicyclic amines) is 1. The highest BCUT2D eigenvalue weighted by Crippen LogP contribution is 2.12. The summed E-state index contributed by atoms with van der Waals surface area (Å²) in [6, 6.07) is 0. The molecule has 0 N–H and O–H groups in total. The Morgan fingerprint density at radius 3 is 2.64 bits per heavy atom. The highest BCUT2D eigenvalue weighted by atomic mass is 17.2. The van der Waals surface area contributed by atoms with Gasteiger partial charge in [0.25, 0.3) is 0 Å². The maximum absolute atomic E-state index is 10.8. The average molecular weight is 203 g/mol. The molecule has 1 fully saturated rings. The van der Waals surface area contributed by atoms with Gasteiger partial charge in [0.2, 0.25) is 0 Å². The van der Waals surface area contributed by atoms with Crippen LogP contribution < -0.4 is 0 Å². The van der Waals surface area contributed by atoms with Crippen molar-refractivity contribution >= 4 is 6.16 Å². The van der Waals surface area contributed by atoms with Crippen LogP contribution in [0.15, 0.2) is 0 Å².